The molecule has 1 aromatic heterocycles. The topological polar surface area (TPSA) is 80.0 Å². The van der Waals surface area contributed by atoms with Gasteiger partial charge in [-0.05, 0) is 42.7 Å². The predicted molar refractivity (Wildman–Crippen MR) is 91.6 cm³/mol. The molecule has 6 nitrogen and oxygen atoms in total. The third-order valence-corrected chi connectivity index (χ3v) is 3.98. The standard InChI is InChI=1S/C18H20N4O2/c1-2-22-17-8-7-15(11-16(17)20-21-22)18(24)19-10-9-13-3-5-14(12-23)6-4-13/h3-8,11,23H,2,9-10,12H2,1H3,(H,19,24). The lowest BCUT2D eigenvalue weighted by Gasteiger charge is -2.06. The number of carbonyl (C=O) groups is 1. The smallest absolute Gasteiger partial charge is 0.251 e. The summed E-state index contributed by atoms with van der Waals surface area (Å²) in [4.78, 5) is 12.3. The molecule has 0 saturated heterocycles. The number of aromatic nitrogens is 3. The summed E-state index contributed by atoms with van der Waals surface area (Å²) in [5.41, 5.74) is 4.24. The molecule has 2 aromatic carbocycles. The van der Waals surface area contributed by atoms with Gasteiger partial charge in [0, 0.05) is 18.7 Å². The molecule has 6 heteroatoms. The van der Waals surface area contributed by atoms with E-state index in [9.17, 15) is 4.79 Å². The number of fused-ring (bicyclic) bond motifs is 1. The van der Waals surface area contributed by atoms with Crippen molar-refractivity contribution in [3.8, 4) is 0 Å². The van der Waals surface area contributed by atoms with E-state index in [1.165, 1.54) is 0 Å². The van der Waals surface area contributed by atoms with E-state index in [0.29, 0.717) is 12.1 Å². The van der Waals surface area contributed by atoms with Crippen LogP contribution in [0.3, 0.4) is 0 Å². The zero-order valence-corrected chi connectivity index (χ0v) is 13.6. The van der Waals surface area contributed by atoms with Gasteiger partial charge in [-0.1, -0.05) is 29.5 Å². The van der Waals surface area contributed by atoms with Gasteiger partial charge in [0.05, 0.1) is 12.1 Å². The minimum atomic E-state index is -0.116. The Labute approximate surface area is 140 Å². The van der Waals surface area contributed by atoms with Crippen LogP contribution in [0, 0.1) is 0 Å². The van der Waals surface area contributed by atoms with Gasteiger partial charge in [-0.3, -0.25) is 4.79 Å². The molecule has 0 saturated carbocycles. The molecule has 24 heavy (non-hydrogen) atoms. The molecule has 2 N–H and O–H groups in total. The van der Waals surface area contributed by atoms with Crippen LogP contribution in [-0.4, -0.2) is 32.6 Å². The second-order valence-electron chi connectivity index (χ2n) is 5.59. The monoisotopic (exact) mass is 324 g/mol. The van der Waals surface area contributed by atoms with Crippen molar-refractivity contribution in [1.29, 1.82) is 0 Å². The second-order valence-corrected chi connectivity index (χ2v) is 5.59. The van der Waals surface area contributed by atoms with Crippen molar-refractivity contribution in [3.63, 3.8) is 0 Å². The fourth-order valence-corrected chi connectivity index (χ4v) is 2.58. The molecule has 0 atom stereocenters. The van der Waals surface area contributed by atoms with Crippen LogP contribution >= 0.6 is 0 Å². The van der Waals surface area contributed by atoms with E-state index < -0.39 is 0 Å². The summed E-state index contributed by atoms with van der Waals surface area (Å²) in [6.07, 6.45) is 0.742. The summed E-state index contributed by atoms with van der Waals surface area (Å²) in [6.45, 7) is 3.35. The van der Waals surface area contributed by atoms with Crippen molar-refractivity contribution in [3.05, 3.63) is 59.2 Å². The first-order valence-corrected chi connectivity index (χ1v) is 8.01. The molecular formula is C18H20N4O2. The van der Waals surface area contributed by atoms with Crippen molar-refractivity contribution < 1.29 is 9.90 Å². The minimum absolute atomic E-state index is 0.0438. The molecule has 0 aliphatic rings. The fraction of sp³-hybridized carbons (Fsp3) is 0.278. The number of amides is 1. The van der Waals surface area contributed by atoms with Crippen LogP contribution in [0.5, 0.6) is 0 Å². The van der Waals surface area contributed by atoms with E-state index in [1.54, 1.807) is 16.8 Å². The number of carbonyl (C=O) groups excluding carboxylic acids is 1. The van der Waals surface area contributed by atoms with E-state index in [-0.39, 0.29) is 12.5 Å². The molecule has 0 aliphatic carbocycles. The van der Waals surface area contributed by atoms with Gasteiger partial charge in [0.2, 0.25) is 0 Å². The number of rotatable bonds is 6. The summed E-state index contributed by atoms with van der Waals surface area (Å²) in [7, 11) is 0. The number of aryl methyl sites for hydroxylation is 1. The summed E-state index contributed by atoms with van der Waals surface area (Å²) < 4.78 is 1.80. The van der Waals surface area contributed by atoms with Crippen molar-refractivity contribution in [2.24, 2.45) is 0 Å². The van der Waals surface area contributed by atoms with E-state index in [1.807, 2.05) is 37.3 Å². The Morgan fingerprint density at radius 1 is 1.17 bits per heavy atom. The van der Waals surface area contributed by atoms with Crippen LogP contribution in [0.2, 0.25) is 0 Å². The number of nitrogens with one attached hydrogen (secondary N) is 1. The highest BCUT2D eigenvalue weighted by molar-refractivity contribution is 5.97. The Morgan fingerprint density at radius 2 is 1.92 bits per heavy atom. The summed E-state index contributed by atoms with van der Waals surface area (Å²) in [5, 5.41) is 20.1. The molecule has 0 fully saturated rings. The highest BCUT2D eigenvalue weighted by Crippen LogP contribution is 2.13. The quantitative estimate of drug-likeness (QED) is 0.726. The molecule has 0 radical (unpaired) electrons. The molecule has 1 heterocycles. The Hall–Kier alpha value is -2.73. The average molecular weight is 324 g/mol. The van der Waals surface area contributed by atoms with E-state index >= 15 is 0 Å². The Balaban J connectivity index is 1.60. The van der Waals surface area contributed by atoms with Crippen molar-refractivity contribution in [1.82, 2.24) is 20.3 Å². The Morgan fingerprint density at radius 3 is 2.62 bits per heavy atom. The van der Waals surface area contributed by atoms with Crippen molar-refractivity contribution in [2.75, 3.05) is 6.54 Å². The number of hydrogen-bond acceptors (Lipinski definition) is 4. The van der Waals surface area contributed by atoms with Crippen LogP contribution in [0.1, 0.15) is 28.4 Å². The maximum atomic E-state index is 12.3. The maximum absolute atomic E-state index is 12.3. The van der Waals surface area contributed by atoms with Crippen molar-refractivity contribution in [2.45, 2.75) is 26.5 Å². The first kappa shape index (κ1) is 16.1. The SMILES string of the molecule is CCn1nnc2cc(C(=O)NCCc3ccc(CO)cc3)ccc21. The highest BCUT2D eigenvalue weighted by Gasteiger charge is 2.09. The van der Waals surface area contributed by atoms with Crippen LogP contribution in [0.4, 0.5) is 0 Å². The molecule has 124 valence electrons. The van der Waals surface area contributed by atoms with Crippen LogP contribution < -0.4 is 5.32 Å². The largest absolute Gasteiger partial charge is 0.392 e. The van der Waals surface area contributed by atoms with Gasteiger partial charge >= 0.3 is 0 Å². The molecule has 0 spiro atoms. The minimum Gasteiger partial charge on any atom is -0.392 e. The number of hydrogen-bond donors (Lipinski definition) is 2. The van der Waals surface area contributed by atoms with Crippen LogP contribution in [0.15, 0.2) is 42.5 Å². The molecule has 1 amide bonds. The Kier molecular flexibility index (Phi) is 4.86. The van der Waals surface area contributed by atoms with Crippen LogP contribution in [-0.2, 0) is 19.6 Å². The van der Waals surface area contributed by atoms with Crippen LogP contribution in [0.25, 0.3) is 11.0 Å². The molecule has 0 bridgehead atoms. The number of nitrogens with zero attached hydrogens (tertiary/aromatic N) is 3. The van der Waals surface area contributed by atoms with Gasteiger partial charge in [0.15, 0.2) is 0 Å². The number of benzene rings is 2. The number of aliphatic hydroxyl groups excluding tert-OH is 1. The van der Waals surface area contributed by atoms with Gasteiger partial charge in [-0.25, -0.2) is 4.68 Å². The summed E-state index contributed by atoms with van der Waals surface area (Å²) >= 11 is 0. The summed E-state index contributed by atoms with van der Waals surface area (Å²) in [5.74, 6) is -0.116. The van der Waals surface area contributed by atoms with E-state index in [0.717, 1.165) is 35.1 Å². The normalized spacial score (nSPS) is 10.9. The van der Waals surface area contributed by atoms with E-state index in [2.05, 4.69) is 15.6 Å². The van der Waals surface area contributed by atoms with Gasteiger partial charge in [0.1, 0.15) is 5.52 Å². The maximum Gasteiger partial charge on any atom is 0.251 e. The highest BCUT2D eigenvalue weighted by atomic mass is 16.3. The lowest BCUT2D eigenvalue weighted by atomic mass is 10.1. The third kappa shape index (κ3) is 3.44. The molecule has 3 aromatic rings. The molecule has 0 unspecified atom stereocenters. The lowest BCUT2D eigenvalue weighted by Crippen LogP contribution is -2.25. The lowest BCUT2D eigenvalue weighted by molar-refractivity contribution is 0.0954. The average Bonchev–Trinajstić information content (AvgIpc) is 3.04. The van der Waals surface area contributed by atoms with Gasteiger partial charge in [0.25, 0.3) is 5.91 Å². The molecular weight excluding hydrogens is 304 g/mol. The van der Waals surface area contributed by atoms with Gasteiger partial charge in [-0.15, -0.1) is 5.10 Å². The van der Waals surface area contributed by atoms with Gasteiger partial charge in [-0.2, -0.15) is 0 Å². The van der Waals surface area contributed by atoms with Gasteiger partial charge < -0.3 is 10.4 Å². The molecule has 0 aliphatic heterocycles. The van der Waals surface area contributed by atoms with Crippen molar-refractivity contribution >= 4 is 16.9 Å². The fourth-order valence-electron chi connectivity index (χ4n) is 2.58. The number of aliphatic hydroxyl groups is 1. The zero-order chi connectivity index (χ0) is 16.9. The first-order valence-electron chi connectivity index (χ1n) is 8.01. The second kappa shape index (κ2) is 7.23. The Bertz CT molecular complexity index is 840. The van der Waals surface area contributed by atoms with E-state index in [4.69, 9.17) is 5.11 Å². The first-order chi connectivity index (χ1) is 11.7. The predicted octanol–water partition coefficient (Wildman–Crippen LogP) is 1.92. The summed E-state index contributed by atoms with van der Waals surface area (Å²) in [6, 6.07) is 13.1. The zero-order valence-electron chi connectivity index (χ0n) is 13.6. The molecule has 3 rings (SSSR count). The third-order valence-electron chi connectivity index (χ3n) is 3.98.